The highest BCUT2D eigenvalue weighted by Gasteiger charge is 2.24. The lowest BCUT2D eigenvalue weighted by Gasteiger charge is -2.31. The zero-order valence-electron chi connectivity index (χ0n) is 13.6. The summed E-state index contributed by atoms with van der Waals surface area (Å²) >= 11 is 0. The molecule has 1 saturated heterocycles. The van der Waals surface area contributed by atoms with E-state index in [2.05, 4.69) is 0 Å². The normalized spacial score (nSPS) is 15.6. The van der Waals surface area contributed by atoms with Crippen molar-refractivity contribution in [2.24, 2.45) is 5.92 Å². The average molecular weight is 331 g/mol. The lowest BCUT2D eigenvalue weighted by molar-refractivity contribution is 0.0609. The smallest absolute Gasteiger partial charge is 0.289 e. The first-order valence-corrected chi connectivity index (χ1v) is 8.38. The molecule has 0 bridgehead atoms. The van der Waals surface area contributed by atoms with Gasteiger partial charge in [0, 0.05) is 25.3 Å². The molecule has 0 aliphatic carbocycles. The molecule has 2 aromatic rings. The van der Waals surface area contributed by atoms with Gasteiger partial charge in [-0.05, 0) is 43.4 Å². The number of halogens is 1. The number of benzene rings is 1. The van der Waals surface area contributed by atoms with Crippen LogP contribution in [0.5, 0.6) is 0 Å². The number of rotatable bonds is 6. The third kappa shape index (κ3) is 4.23. The number of ether oxygens (including phenoxy) is 1. The summed E-state index contributed by atoms with van der Waals surface area (Å²) in [6.45, 7) is 2.42. The summed E-state index contributed by atoms with van der Waals surface area (Å²) in [6, 6.07) is 10.1. The van der Waals surface area contributed by atoms with Crippen LogP contribution in [0, 0.1) is 11.7 Å². The van der Waals surface area contributed by atoms with Gasteiger partial charge in [0.05, 0.1) is 12.9 Å². The Labute approximate surface area is 141 Å². The largest absolute Gasteiger partial charge is 0.459 e. The predicted octanol–water partition coefficient (Wildman–Crippen LogP) is 3.88. The standard InChI is InChI=1S/C19H22FNO3/c20-17-5-2-1-4-16(17)14-23-13-9-15-7-10-21(11-8-15)19(22)18-6-3-12-24-18/h1-6,12,15H,7-11,13-14H2. The molecular weight excluding hydrogens is 309 g/mol. The van der Waals surface area contributed by atoms with Crippen molar-refractivity contribution in [2.75, 3.05) is 19.7 Å². The Morgan fingerprint density at radius 1 is 1.21 bits per heavy atom. The Balaban J connectivity index is 1.35. The maximum atomic E-state index is 13.5. The molecule has 0 atom stereocenters. The number of likely N-dealkylation sites (tertiary alicyclic amines) is 1. The molecule has 5 heteroatoms. The summed E-state index contributed by atoms with van der Waals surface area (Å²) in [4.78, 5) is 14.0. The van der Waals surface area contributed by atoms with E-state index >= 15 is 0 Å². The van der Waals surface area contributed by atoms with Crippen molar-refractivity contribution >= 4 is 5.91 Å². The Bertz CT molecular complexity index is 648. The van der Waals surface area contributed by atoms with E-state index in [1.165, 1.54) is 12.3 Å². The van der Waals surface area contributed by atoms with Crippen LogP contribution in [0.1, 0.15) is 35.4 Å². The molecule has 0 saturated carbocycles. The number of amides is 1. The highest BCUT2D eigenvalue weighted by Crippen LogP contribution is 2.22. The minimum atomic E-state index is -0.220. The van der Waals surface area contributed by atoms with Gasteiger partial charge in [-0.2, -0.15) is 0 Å². The fraction of sp³-hybridized carbons (Fsp3) is 0.421. The minimum Gasteiger partial charge on any atom is -0.459 e. The van der Waals surface area contributed by atoms with Crippen LogP contribution >= 0.6 is 0 Å². The van der Waals surface area contributed by atoms with Gasteiger partial charge in [0.2, 0.25) is 0 Å². The number of hydrogen-bond acceptors (Lipinski definition) is 3. The van der Waals surface area contributed by atoms with Gasteiger partial charge in [-0.25, -0.2) is 4.39 Å². The molecule has 1 aliphatic rings. The van der Waals surface area contributed by atoms with E-state index in [4.69, 9.17) is 9.15 Å². The first kappa shape index (κ1) is 16.7. The first-order valence-electron chi connectivity index (χ1n) is 8.38. The number of furan rings is 1. The molecule has 3 rings (SSSR count). The molecular formula is C19H22FNO3. The van der Waals surface area contributed by atoms with Gasteiger partial charge in [-0.3, -0.25) is 4.79 Å². The Kier molecular flexibility index (Phi) is 5.64. The molecule has 1 amide bonds. The van der Waals surface area contributed by atoms with Crippen LogP contribution in [0.2, 0.25) is 0 Å². The number of hydrogen-bond donors (Lipinski definition) is 0. The highest BCUT2D eigenvalue weighted by atomic mass is 19.1. The minimum absolute atomic E-state index is 0.0331. The van der Waals surface area contributed by atoms with Crippen LogP contribution in [0.15, 0.2) is 47.1 Å². The summed E-state index contributed by atoms with van der Waals surface area (Å²) in [5, 5.41) is 0. The topological polar surface area (TPSA) is 42.7 Å². The second-order valence-corrected chi connectivity index (χ2v) is 6.15. The summed E-state index contributed by atoms with van der Waals surface area (Å²) in [7, 11) is 0. The van der Waals surface area contributed by atoms with Crippen molar-refractivity contribution in [1.29, 1.82) is 0 Å². The van der Waals surface area contributed by atoms with Gasteiger partial charge in [0.1, 0.15) is 5.82 Å². The molecule has 2 heterocycles. The molecule has 1 fully saturated rings. The third-order valence-corrected chi connectivity index (χ3v) is 4.52. The number of piperidine rings is 1. The van der Waals surface area contributed by atoms with Gasteiger partial charge >= 0.3 is 0 Å². The maximum absolute atomic E-state index is 13.5. The van der Waals surface area contributed by atoms with Crippen molar-refractivity contribution < 1.29 is 18.3 Å². The Morgan fingerprint density at radius 2 is 2.00 bits per heavy atom. The molecule has 1 aliphatic heterocycles. The van der Waals surface area contributed by atoms with Gasteiger partial charge < -0.3 is 14.1 Å². The molecule has 1 aromatic carbocycles. The van der Waals surface area contributed by atoms with Crippen LogP contribution in [0.4, 0.5) is 4.39 Å². The third-order valence-electron chi connectivity index (χ3n) is 4.52. The molecule has 4 nitrogen and oxygen atoms in total. The summed E-state index contributed by atoms with van der Waals surface area (Å²) in [6.07, 6.45) is 4.40. The lowest BCUT2D eigenvalue weighted by Crippen LogP contribution is -2.38. The van der Waals surface area contributed by atoms with Crippen molar-refractivity contribution in [3.63, 3.8) is 0 Å². The zero-order chi connectivity index (χ0) is 16.8. The van der Waals surface area contributed by atoms with Crippen molar-refractivity contribution in [2.45, 2.75) is 25.9 Å². The van der Waals surface area contributed by atoms with E-state index in [-0.39, 0.29) is 11.7 Å². The second-order valence-electron chi connectivity index (χ2n) is 6.15. The lowest BCUT2D eigenvalue weighted by atomic mass is 9.94. The van der Waals surface area contributed by atoms with Gasteiger partial charge in [-0.15, -0.1) is 0 Å². The van der Waals surface area contributed by atoms with Crippen LogP contribution < -0.4 is 0 Å². The molecule has 0 unspecified atom stereocenters. The molecule has 0 radical (unpaired) electrons. The van der Waals surface area contributed by atoms with E-state index in [1.54, 1.807) is 24.3 Å². The van der Waals surface area contributed by atoms with Gasteiger partial charge in [0.25, 0.3) is 5.91 Å². The molecule has 1 aromatic heterocycles. The van der Waals surface area contributed by atoms with Crippen LogP contribution in [-0.4, -0.2) is 30.5 Å². The predicted molar refractivity (Wildman–Crippen MR) is 88.0 cm³/mol. The fourth-order valence-electron chi connectivity index (χ4n) is 3.03. The van der Waals surface area contributed by atoms with Crippen LogP contribution in [0.25, 0.3) is 0 Å². The van der Waals surface area contributed by atoms with Crippen molar-refractivity contribution in [3.05, 3.63) is 59.8 Å². The maximum Gasteiger partial charge on any atom is 0.289 e. The second kappa shape index (κ2) is 8.11. The van der Waals surface area contributed by atoms with Crippen LogP contribution in [-0.2, 0) is 11.3 Å². The van der Waals surface area contributed by atoms with Crippen LogP contribution in [0.3, 0.4) is 0 Å². The quantitative estimate of drug-likeness (QED) is 0.755. The van der Waals surface area contributed by atoms with Crippen molar-refractivity contribution in [1.82, 2.24) is 4.90 Å². The number of carbonyl (C=O) groups is 1. The van der Waals surface area contributed by atoms with E-state index < -0.39 is 0 Å². The molecule has 128 valence electrons. The van der Waals surface area contributed by atoms with Crippen molar-refractivity contribution in [3.8, 4) is 0 Å². The molecule has 24 heavy (non-hydrogen) atoms. The average Bonchev–Trinajstić information content (AvgIpc) is 3.15. The monoisotopic (exact) mass is 331 g/mol. The van der Waals surface area contributed by atoms with E-state index in [9.17, 15) is 9.18 Å². The van der Waals surface area contributed by atoms with E-state index in [0.29, 0.717) is 30.5 Å². The van der Waals surface area contributed by atoms with Gasteiger partial charge in [-0.1, -0.05) is 18.2 Å². The summed E-state index contributed by atoms with van der Waals surface area (Å²) < 4.78 is 24.2. The van der Waals surface area contributed by atoms with E-state index in [1.807, 2.05) is 11.0 Å². The fourth-order valence-corrected chi connectivity index (χ4v) is 3.03. The molecule has 0 N–H and O–H groups in total. The Hall–Kier alpha value is -2.14. The van der Waals surface area contributed by atoms with Gasteiger partial charge in [0.15, 0.2) is 5.76 Å². The SMILES string of the molecule is O=C(c1ccco1)N1CCC(CCOCc2ccccc2F)CC1. The first-order chi connectivity index (χ1) is 11.7. The zero-order valence-corrected chi connectivity index (χ0v) is 13.6. The summed E-state index contributed by atoms with van der Waals surface area (Å²) in [5.41, 5.74) is 0.594. The highest BCUT2D eigenvalue weighted by molar-refractivity contribution is 5.91. The number of nitrogens with zero attached hydrogens (tertiary/aromatic N) is 1. The molecule has 0 spiro atoms. The number of carbonyl (C=O) groups excluding carboxylic acids is 1. The summed E-state index contributed by atoms with van der Waals surface area (Å²) in [5.74, 6) is 0.699. The van der Waals surface area contributed by atoms with E-state index in [0.717, 1.165) is 32.4 Å². The Morgan fingerprint density at radius 3 is 2.71 bits per heavy atom.